The van der Waals surface area contributed by atoms with E-state index in [4.69, 9.17) is 4.74 Å². The van der Waals surface area contributed by atoms with Crippen LogP contribution in [-0.4, -0.2) is 54.5 Å². The summed E-state index contributed by atoms with van der Waals surface area (Å²) in [5.74, 6) is -1.76. The Bertz CT molecular complexity index is 822. The molecule has 0 aromatic heterocycles. The van der Waals surface area contributed by atoms with E-state index in [0.717, 1.165) is 24.3 Å². The van der Waals surface area contributed by atoms with E-state index in [2.05, 4.69) is 16.2 Å². The maximum absolute atomic E-state index is 12.5. The van der Waals surface area contributed by atoms with Crippen LogP contribution in [-0.2, 0) is 20.5 Å². The first-order chi connectivity index (χ1) is 15.1. The molecule has 0 spiro atoms. The second-order valence-corrected chi connectivity index (χ2v) is 7.11. The fourth-order valence-corrected chi connectivity index (χ4v) is 3.02. The first kappa shape index (κ1) is 25.0. The van der Waals surface area contributed by atoms with E-state index >= 15 is 0 Å². The van der Waals surface area contributed by atoms with Gasteiger partial charge in [-0.25, -0.2) is 4.79 Å². The van der Waals surface area contributed by atoms with E-state index in [1.54, 1.807) is 11.8 Å². The largest absolute Gasteiger partial charge is 0.450 e. The maximum atomic E-state index is 12.5. The number of ether oxygens (including phenoxy) is 1. The molecule has 0 bridgehead atoms. The zero-order valence-electron chi connectivity index (χ0n) is 17.5. The van der Waals surface area contributed by atoms with Gasteiger partial charge in [-0.1, -0.05) is 0 Å². The molecule has 0 aliphatic carbocycles. The molecule has 3 N–H and O–H groups in total. The minimum atomic E-state index is -4.51. The lowest BCUT2D eigenvalue weighted by Gasteiger charge is -2.31. The number of halogens is 3. The van der Waals surface area contributed by atoms with Crippen molar-refractivity contribution in [1.82, 2.24) is 21.1 Å². The van der Waals surface area contributed by atoms with E-state index in [-0.39, 0.29) is 36.4 Å². The van der Waals surface area contributed by atoms with Crippen molar-refractivity contribution < 1.29 is 37.1 Å². The van der Waals surface area contributed by atoms with Gasteiger partial charge in [0.1, 0.15) is 0 Å². The molecule has 1 aromatic rings. The van der Waals surface area contributed by atoms with Gasteiger partial charge in [0.05, 0.1) is 12.2 Å². The van der Waals surface area contributed by atoms with Gasteiger partial charge in [0, 0.05) is 37.5 Å². The highest BCUT2D eigenvalue weighted by Crippen LogP contribution is 2.29. The van der Waals surface area contributed by atoms with Crippen LogP contribution in [0.3, 0.4) is 0 Å². The van der Waals surface area contributed by atoms with Gasteiger partial charge in [-0.3, -0.25) is 25.2 Å². The van der Waals surface area contributed by atoms with Crippen LogP contribution in [0, 0.1) is 0 Å². The molecule has 32 heavy (non-hydrogen) atoms. The minimum Gasteiger partial charge on any atom is -0.450 e. The number of nitrogens with one attached hydrogen (secondary N) is 3. The molecule has 0 unspecified atom stereocenters. The van der Waals surface area contributed by atoms with Gasteiger partial charge in [-0.05, 0) is 44.0 Å². The average molecular weight is 458 g/mol. The van der Waals surface area contributed by atoms with Crippen LogP contribution in [0.2, 0.25) is 0 Å². The third-order valence-corrected chi connectivity index (χ3v) is 4.76. The van der Waals surface area contributed by atoms with Crippen molar-refractivity contribution in [2.24, 2.45) is 0 Å². The molecule has 1 saturated heterocycles. The van der Waals surface area contributed by atoms with Crippen LogP contribution in [0.5, 0.6) is 0 Å². The average Bonchev–Trinajstić information content (AvgIpc) is 2.76. The summed E-state index contributed by atoms with van der Waals surface area (Å²) in [4.78, 5) is 49.0. The van der Waals surface area contributed by atoms with E-state index < -0.39 is 23.6 Å². The van der Waals surface area contributed by atoms with Crippen molar-refractivity contribution >= 4 is 23.8 Å². The van der Waals surface area contributed by atoms with Crippen LogP contribution in [0.4, 0.5) is 18.0 Å². The summed E-state index contributed by atoms with van der Waals surface area (Å²) < 4.78 is 42.5. The highest BCUT2D eigenvalue weighted by Gasteiger charge is 2.30. The highest BCUT2D eigenvalue weighted by molar-refractivity contribution is 5.95. The molecule has 0 radical (unpaired) electrons. The van der Waals surface area contributed by atoms with Crippen LogP contribution in [0.25, 0.3) is 0 Å². The Balaban J connectivity index is 1.66. The van der Waals surface area contributed by atoms with E-state index in [1.807, 2.05) is 0 Å². The van der Waals surface area contributed by atoms with Crippen molar-refractivity contribution in [3.63, 3.8) is 0 Å². The molecule has 0 atom stereocenters. The zero-order chi connectivity index (χ0) is 23.7. The van der Waals surface area contributed by atoms with E-state index in [1.165, 1.54) is 0 Å². The summed E-state index contributed by atoms with van der Waals surface area (Å²) in [6.07, 6.45) is -4.06. The lowest BCUT2D eigenvalue weighted by molar-refractivity contribution is -0.137. The number of hydrogen-bond acceptors (Lipinski definition) is 5. The Hall–Kier alpha value is -3.31. The number of benzene rings is 1. The molecule has 4 amide bonds. The van der Waals surface area contributed by atoms with Gasteiger partial charge in [-0.15, -0.1) is 0 Å². The molecule has 1 aliphatic rings. The number of nitrogens with zero attached hydrogens (tertiary/aromatic N) is 1. The SMILES string of the molecule is CCOC(=O)N1CCC(NC(=O)CCC(=O)NNC(=O)c2ccc(C(F)(F)F)cc2)CC1. The molecule has 12 heteroatoms. The summed E-state index contributed by atoms with van der Waals surface area (Å²) in [5, 5.41) is 2.80. The number of alkyl halides is 3. The minimum absolute atomic E-state index is 0.0646. The van der Waals surface area contributed by atoms with Gasteiger partial charge >= 0.3 is 12.3 Å². The zero-order valence-corrected chi connectivity index (χ0v) is 17.5. The number of piperidine rings is 1. The Kier molecular flexibility index (Phi) is 8.85. The first-order valence-electron chi connectivity index (χ1n) is 10.1. The molecule has 2 rings (SSSR count). The van der Waals surface area contributed by atoms with Gasteiger partial charge in [0.15, 0.2) is 0 Å². The van der Waals surface area contributed by atoms with Crippen LogP contribution < -0.4 is 16.2 Å². The molecular weight excluding hydrogens is 433 g/mol. The van der Waals surface area contributed by atoms with Gasteiger partial charge in [0.25, 0.3) is 5.91 Å². The number of likely N-dealkylation sites (tertiary alicyclic amines) is 1. The molecule has 176 valence electrons. The molecule has 1 aliphatic heterocycles. The summed E-state index contributed by atoms with van der Waals surface area (Å²) in [6.45, 7) is 2.93. The molecule has 1 aromatic carbocycles. The number of hydrazine groups is 1. The summed E-state index contributed by atoms with van der Waals surface area (Å²) >= 11 is 0. The second-order valence-electron chi connectivity index (χ2n) is 7.11. The number of hydrogen-bond donors (Lipinski definition) is 3. The fraction of sp³-hybridized carbons (Fsp3) is 0.500. The number of carbonyl (C=O) groups excluding carboxylic acids is 4. The van der Waals surface area contributed by atoms with E-state index in [0.29, 0.717) is 32.5 Å². The number of amides is 4. The van der Waals surface area contributed by atoms with E-state index in [9.17, 15) is 32.3 Å². The van der Waals surface area contributed by atoms with Crippen molar-refractivity contribution in [2.45, 2.75) is 44.8 Å². The predicted octanol–water partition coefficient (Wildman–Crippen LogP) is 1.98. The monoisotopic (exact) mass is 458 g/mol. The van der Waals surface area contributed by atoms with Crippen molar-refractivity contribution in [2.75, 3.05) is 19.7 Å². The Morgan fingerprint density at radius 3 is 2.16 bits per heavy atom. The number of rotatable bonds is 6. The molecule has 1 heterocycles. The summed E-state index contributed by atoms with van der Waals surface area (Å²) in [7, 11) is 0. The lowest BCUT2D eigenvalue weighted by atomic mass is 10.1. The highest BCUT2D eigenvalue weighted by atomic mass is 19.4. The normalized spacial score (nSPS) is 14.4. The van der Waals surface area contributed by atoms with Gasteiger partial charge < -0.3 is 15.0 Å². The standard InChI is InChI=1S/C20H25F3N4O5/c1-2-32-19(31)27-11-9-15(10-12-27)24-16(28)7-8-17(29)25-26-18(30)13-3-5-14(6-4-13)20(21,22)23/h3-6,15H,2,7-12H2,1H3,(H,24,28)(H,25,29)(H,26,30). The number of carbonyl (C=O) groups is 4. The van der Waals surface area contributed by atoms with Crippen LogP contribution in [0.15, 0.2) is 24.3 Å². The Labute approximate surface area is 182 Å². The molecule has 1 fully saturated rings. The second kappa shape index (κ2) is 11.3. The van der Waals surface area contributed by atoms with Crippen molar-refractivity contribution in [3.8, 4) is 0 Å². The molecular formula is C20H25F3N4O5. The topological polar surface area (TPSA) is 117 Å². The third kappa shape index (κ3) is 7.75. The fourth-order valence-electron chi connectivity index (χ4n) is 3.02. The lowest BCUT2D eigenvalue weighted by Crippen LogP contribution is -2.47. The molecule has 0 saturated carbocycles. The quantitative estimate of drug-likeness (QED) is 0.564. The Morgan fingerprint density at radius 1 is 1.00 bits per heavy atom. The molecule has 9 nitrogen and oxygen atoms in total. The predicted molar refractivity (Wildman–Crippen MR) is 106 cm³/mol. The van der Waals surface area contributed by atoms with Crippen LogP contribution in [0.1, 0.15) is 48.5 Å². The third-order valence-electron chi connectivity index (χ3n) is 4.76. The maximum Gasteiger partial charge on any atom is 0.416 e. The van der Waals surface area contributed by atoms with Crippen molar-refractivity contribution in [3.05, 3.63) is 35.4 Å². The van der Waals surface area contributed by atoms with Gasteiger partial charge in [-0.2, -0.15) is 13.2 Å². The Morgan fingerprint density at radius 2 is 1.59 bits per heavy atom. The first-order valence-corrected chi connectivity index (χ1v) is 10.1. The van der Waals surface area contributed by atoms with Crippen molar-refractivity contribution in [1.29, 1.82) is 0 Å². The smallest absolute Gasteiger partial charge is 0.416 e. The summed E-state index contributed by atoms with van der Waals surface area (Å²) in [5.41, 5.74) is 3.25. The van der Waals surface area contributed by atoms with Crippen LogP contribution >= 0.6 is 0 Å². The van der Waals surface area contributed by atoms with Gasteiger partial charge in [0.2, 0.25) is 11.8 Å². The summed E-state index contributed by atoms with van der Waals surface area (Å²) in [6, 6.07) is 3.39.